The molecular formula is C18H36N2O3. The summed E-state index contributed by atoms with van der Waals surface area (Å²) >= 11 is 0. The number of amides is 2. The molecule has 0 aliphatic heterocycles. The number of nitrogens with one attached hydrogen (secondary N) is 2. The van der Waals surface area contributed by atoms with Crippen LogP contribution < -0.4 is 10.6 Å². The minimum absolute atomic E-state index is 0.0721. The second-order valence-corrected chi connectivity index (χ2v) is 6.21. The molecule has 0 radical (unpaired) electrons. The van der Waals surface area contributed by atoms with Crippen LogP contribution in [0.15, 0.2) is 0 Å². The average molecular weight is 328 g/mol. The van der Waals surface area contributed by atoms with Crippen molar-refractivity contribution in [3.05, 3.63) is 0 Å². The lowest BCUT2D eigenvalue weighted by Gasteiger charge is -2.18. The van der Waals surface area contributed by atoms with Crippen LogP contribution in [-0.4, -0.2) is 36.1 Å². The highest BCUT2D eigenvalue weighted by molar-refractivity contribution is 5.87. The first-order valence-corrected chi connectivity index (χ1v) is 9.26. The Morgan fingerprint density at radius 2 is 1.70 bits per heavy atom. The van der Waals surface area contributed by atoms with Gasteiger partial charge in [0.2, 0.25) is 11.8 Å². The quantitative estimate of drug-likeness (QED) is 0.429. The van der Waals surface area contributed by atoms with Gasteiger partial charge in [-0.1, -0.05) is 52.9 Å². The van der Waals surface area contributed by atoms with Crippen molar-refractivity contribution in [1.29, 1.82) is 0 Å². The number of carbonyl (C=O) groups excluding carboxylic acids is 2. The van der Waals surface area contributed by atoms with Gasteiger partial charge in [-0.15, -0.1) is 0 Å². The van der Waals surface area contributed by atoms with E-state index in [1.807, 2.05) is 0 Å². The molecule has 0 heterocycles. The van der Waals surface area contributed by atoms with E-state index in [9.17, 15) is 9.59 Å². The molecule has 0 aromatic carbocycles. The van der Waals surface area contributed by atoms with Crippen LogP contribution in [0, 0.1) is 5.92 Å². The number of unbranched alkanes of at least 4 members (excludes halogenated alkanes) is 3. The highest BCUT2D eigenvalue weighted by Gasteiger charge is 2.19. The van der Waals surface area contributed by atoms with Crippen molar-refractivity contribution in [2.75, 3.05) is 13.2 Å². The number of hydrogen-bond donors (Lipinski definition) is 3. The Bertz CT molecular complexity index is 317. The molecule has 0 saturated heterocycles. The minimum Gasteiger partial charge on any atom is -0.396 e. The summed E-state index contributed by atoms with van der Waals surface area (Å²) in [6.07, 6.45) is 8.12. The van der Waals surface area contributed by atoms with Crippen molar-refractivity contribution in [1.82, 2.24) is 10.6 Å². The van der Waals surface area contributed by atoms with Crippen molar-refractivity contribution in [3.8, 4) is 0 Å². The van der Waals surface area contributed by atoms with E-state index in [1.165, 1.54) is 0 Å². The molecular weight excluding hydrogens is 292 g/mol. The zero-order valence-electron chi connectivity index (χ0n) is 15.2. The van der Waals surface area contributed by atoms with E-state index in [2.05, 4.69) is 24.5 Å². The molecule has 0 rings (SSSR count). The summed E-state index contributed by atoms with van der Waals surface area (Å²) in [5.74, 6) is 0.226. The molecule has 1 unspecified atom stereocenters. The van der Waals surface area contributed by atoms with Crippen LogP contribution in [0.5, 0.6) is 0 Å². The molecule has 5 nitrogen and oxygen atoms in total. The summed E-state index contributed by atoms with van der Waals surface area (Å²) in [7, 11) is 0. The minimum atomic E-state index is -0.408. The van der Waals surface area contributed by atoms with Crippen LogP contribution in [0.2, 0.25) is 0 Å². The Kier molecular flexibility index (Phi) is 13.8. The van der Waals surface area contributed by atoms with Gasteiger partial charge in [0, 0.05) is 19.6 Å². The summed E-state index contributed by atoms with van der Waals surface area (Å²) < 4.78 is 0. The molecule has 0 saturated carbocycles. The SMILES string of the molecule is CCCCC[C@H](NC(=O)CC)C(=O)NCCCCC(CC)CO. The first kappa shape index (κ1) is 21.9. The van der Waals surface area contributed by atoms with Crippen LogP contribution >= 0.6 is 0 Å². The summed E-state index contributed by atoms with van der Waals surface area (Å²) in [5.41, 5.74) is 0. The Morgan fingerprint density at radius 3 is 2.26 bits per heavy atom. The van der Waals surface area contributed by atoms with Gasteiger partial charge in [-0.25, -0.2) is 0 Å². The van der Waals surface area contributed by atoms with E-state index < -0.39 is 6.04 Å². The summed E-state index contributed by atoms with van der Waals surface area (Å²) in [4.78, 5) is 23.8. The molecule has 0 aromatic heterocycles. The fraction of sp³-hybridized carbons (Fsp3) is 0.889. The second kappa shape index (κ2) is 14.5. The first-order chi connectivity index (χ1) is 11.1. The van der Waals surface area contributed by atoms with Crippen LogP contribution in [0.25, 0.3) is 0 Å². The number of hydrogen-bond acceptors (Lipinski definition) is 3. The van der Waals surface area contributed by atoms with Gasteiger partial charge in [-0.2, -0.15) is 0 Å². The van der Waals surface area contributed by atoms with Crippen molar-refractivity contribution < 1.29 is 14.7 Å². The molecule has 0 aliphatic rings. The van der Waals surface area contributed by atoms with Crippen molar-refractivity contribution in [2.24, 2.45) is 5.92 Å². The Morgan fingerprint density at radius 1 is 1.00 bits per heavy atom. The van der Waals surface area contributed by atoms with Gasteiger partial charge in [0.05, 0.1) is 0 Å². The molecule has 0 bridgehead atoms. The van der Waals surface area contributed by atoms with Crippen LogP contribution in [0.1, 0.15) is 78.6 Å². The number of aliphatic hydroxyl groups excluding tert-OH is 1. The molecule has 136 valence electrons. The van der Waals surface area contributed by atoms with Gasteiger partial charge in [-0.05, 0) is 25.2 Å². The van der Waals surface area contributed by atoms with Gasteiger partial charge < -0.3 is 15.7 Å². The van der Waals surface area contributed by atoms with Crippen LogP contribution in [0.3, 0.4) is 0 Å². The van der Waals surface area contributed by atoms with Crippen molar-refractivity contribution in [3.63, 3.8) is 0 Å². The van der Waals surface area contributed by atoms with E-state index in [-0.39, 0.29) is 18.4 Å². The zero-order chi connectivity index (χ0) is 17.5. The standard InChI is InChI=1S/C18H36N2O3/c1-4-7-8-12-16(20-17(22)6-3)18(23)19-13-10-9-11-15(5-2)14-21/h15-16,21H,4-14H2,1-3H3,(H,19,23)(H,20,22)/t15?,16-/m0/s1. The molecule has 5 heteroatoms. The first-order valence-electron chi connectivity index (χ1n) is 9.26. The zero-order valence-corrected chi connectivity index (χ0v) is 15.2. The fourth-order valence-electron chi connectivity index (χ4n) is 2.48. The van der Waals surface area contributed by atoms with E-state index in [0.717, 1.165) is 44.9 Å². The number of aliphatic hydroxyl groups is 1. The third kappa shape index (κ3) is 11.1. The fourth-order valence-corrected chi connectivity index (χ4v) is 2.48. The molecule has 0 spiro atoms. The molecule has 0 fully saturated rings. The lowest BCUT2D eigenvalue weighted by molar-refractivity contribution is -0.129. The number of carbonyl (C=O) groups is 2. The number of rotatable bonds is 14. The van der Waals surface area contributed by atoms with Gasteiger partial charge in [-0.3, -0.25) is 9.59 Å². The lowest BCUT2D eigenvalue weighted by atomic mass is 10.0. The summed E-state index contributed by atoms with van der Waals surface area (Å²) in [6.45, 7) is 6.87. The predicted octanol–water partition coefficient (Wildman–Crippen LogP) is 2.77. The normalized spacial score (nSPS) is 13.4. The Hall–Kier alpha value is -1.10. The molecule has 23 heavy (non-hydrogen) atoms. The van der Waals surface area contributed by atoms with Crippen LogP contribution in [0.4, 0.5) is 0 Å². The van der Waals surface area contributed by atoms with Crippen molar-refractivity contribution in [2.45, 2.75) is 84.6 Å². The molecule has 2 amide bonds. The van der Waals surface area contributed by atoms with Gasteiger partial charge in [0.1, 0.15) is 6.04 Å². The summed E-state index contributed by atoms with van der Waals surface area (Å²) in [6, 6.07) is -0.408. The smallest absolute Gasteiger partial charge is 0.242 e. The maximum absolute atomic E-state index is 12.2. The maximum atomic E-state index is 12.2. The van der Waals surface area contributed by atoms with E-state index in [4.69, 9.17) is 5.11 Å². The summed E-state index contributed by atoms with van der Waals surface area (Å²) in [5, 5.41) is 14.9. The lowest BCUT2D eigenvalue weighted by Crippen LogP contribution is -2.46. The van der Waals surface area contributed by atoms with E-state index in [0.29, 0.717) is 25.3 Å². The molecule has 3 N–H and O–H groups in total. The second-order valence-electron chi connectivity index (χ2n) is 6.21. The third-order valence-corrected chi connectivity index (χ3v) is 4.24. The van der Waals surface area contributed by atoms with Crippen molar-refractivity contribution >= 4 is 11.8 Å². The average Bonchev–Trinajstić information content (AvgIpc) is 2.56. The van der Waals surface area contributed by atoms with E-state index >= 15 is 0 Å². The topological polar surface area (TPSA) is 78.4 Å². The maximum Gasteiger partial charge on any atom is 0.242 e. The van der Waals surface area contributed by atoms with Gasteiger partial charge >= 0.3 is 0 Å². The monoisotopic (exact) mass is 328 g/mol. The Balaban J connectivity index is 4.08. The van der Waals surface area contributed by atoms with Gasteiger partial charge in [0.25, 0.3) is 0 Å². The highest BCUT2D eigenvalue weighted by Crippen LogP contribution is 2.11. The molecule has 0 aliphatic carbocycles. The predicted molar refractivity (Wildman–Crippen MR) is 94.1 cm³/mol. The van der Waals surface area contributed by atoms with Gasteiger partial charge in [0.15, 0.2) is 0 Å². The Labute approximate surface area is 141 Å². The molecule has 2 atom stereocenters. The van der Waals surface area contributed by atoms with E-state index in [1.54, 1.807) is 6.92 Å². The largest absolute Gasteiger partial charge is 0.396 e. The third-order valence-electron chi connectivity index (χ3n) is 4.24. The van der Waals surface area contributed by atoms with Crippen LogP contribution in [-0.2, 0) is 9.59 Å². The molecule has 0 aromatic rings. The highest BCUT2D eigenvalue weighted by atomic mass is 16.3.